The van der Waals surface area contributed by atoms with Gasteiger partial charge in [0.15, 0.2) is 0 Å². The minimum absolute atomic E-state index is 0.00671. The number of hydrogen-bond acceptors (Lipinski definition) is 6. The van der Waals surface area contributed by atoms with Crippen LogP contribution in [0, 0.1) is 18.6 Å². The van der Waals surface area contributed by atoms with Crippen molar-refractivity contribution >= 4 is 5.95 Å². The number of nitrogens with one attached hydrogen (secondary N) is 1. The van der Waals surface area contributed by atoms with Crippen molar-refractivity contribution in [2.24, 2.45) is 0 Å². The first-order chi connectivity index (χ1) is 15.7. The van der Waals surface area contributed by atoms with Crippen LogP contribution in [-0.2, 0) is 0 Å². The molecule has 0 saturated carbocycles. The zero-order chi connectivity index (χ0) is 23.7. The summed E-state index contributed by atoms with van der Waals surface area (Å²) >= 11 is 0. The third kappa shape index (κ3) is 4.50. The van der Waals surface area contributed by atoms with Gasteiger partial charge in [0, 0.05) is 35.3 Å². The van der Waals surface area contributed by atoms with E-state index in [2.05, 4.69) is 20.3 Å². The van der Waals surface area contributed by atoms with Crippen molar-refractivity contribution in [3.63, 3.8) is 0 Å². The molecule has 1 aromatic carbocycles. The van der Waals surface area contributed by atoms with E-state index in [0.29, 0.717) is 11.3 Å². The maximum atomic E-state index is 14.9. The van der Waals surface area contributed by atoms with Gasteiger partial charge in [-0.1, -0.05) is 0 Å². The van der Waals surface area contributed by atoms with Crippen molar-refractivity contribution in [1.29, 1.82) is 0 Å². The molecule has 0 unspecified atom stereocenters. The highest BCUT2D eigenvalue weighted by Gasteiger charge is 2.20. The summed E-state index contributed by atoms with van der Waals surface area (Å²) in [6, 6.07) is 6.22. The van der Waals surface area contributed by atoms with Crippen molar-refractivity contribution in [3.05, 3.63) is 88.1 Å². The number of alkyl halides is 1. The first-order valence-corrected chi connectivity index (χ1v) is 10.1. The number of nitrogens with zero attached hydrogens (tertiary/aromatic N) is 4. The largest absolute Gasteiger partial charge is 0.425 e. The van der Waals surface area contributed by atoms with E-state index in [9.17, 15) is 18.0 Å². The number of pyridine rings is 1. The summed E-state index contributed by atoms with van der Waals surface area (Å²) in [5.41, 5.74) is 1.39. The van der Waals surface area contributed by atoms with Crippen LogP contribution >= 0.6 is 0 Å². The number of aromatic nitrogens is 4. The zero-order valence-corrected chi connectivity index (χ0v) is 18.0. The second-order valence-electron chi connectivity index (χ2n) is 7.52. The van der Waals surface area contributed by atoms with Crippen molar-refractivity contribution in [2.75, 3.05) is 5.32 Å². The number of anilines is 1. The molecular weight excluding hydrogens is 435 g/mol. The Morgan fingerprint density at radius 1 is 1.06 bits per heavy atom. The van der Waals surface area contributed by atoms with Crippen molar-refractivity contribution in [1.82, 2.24) is 19.5 Å². The van der Waals surface area contributed by atoms with E-state index in [-0.39, 0.29) is 28.6 Å². The molecule has 10 heteroatoms. The quantitative estimate of drug-likeness (QED) is 0.437. The van der Waals surface area contributed by atoms with Crippen LogP contribution in [-0.4, -0.2) is 19.5 Å². The van der Waals surface area contributed by atoms with E-state index >= 15 is 0 Å². The Bertz CT molecular complexity index is 1370. The lowest BCUT2D eigenvalue weighted by Gasteiger charge is -2.17. The maximum absolute atomic E-state index is 14.9. The number of benzene rings is 1. The molecule has 170 valence electrons. The van der Waals surface area contributed by atoms with Crippen LogP contribution in [0.1, 0.15) is 43.0 Å². The maximum Gasteiger partial charge on any atom is 0.425 e. The number of oxazole rings is 1. The first-order valence-electron chi connectivity index (χ1n) is 10.1. The summed E-state index contributed by atoms with van der Waals surface area (Å²) in [5, 5.41) is 2.89. The second-order valence-corrected chi connectivity index (χ2v) is 7.52. The number of hydrogen-bond donors (Lipinski definition) is 1. The van der Waals surface area contributed by atoms with Crippen LogP contribution in [0.5, 0.6) is 0 Å². The van der Waals surface area contributed by atoms with Gasteiger partial charge >= 0.3 is 5.76 Å². The van der Waals surface area contributed by atoms with Gasteiger partial charge in [0.1, 0.15) is 35.6 Å². The molecule has 4 rings (SSSR count). The summed E-state index contributed by atoms with van der Waals surface area (Å²) in [5.74, 6) is -1.89. The number of halogens is 3. The highest BCUT2D eigenvalue weighted by molar-refractivity contribution is 5.65. The molecule has 0 radical (unpaired) electrons. The Morgan fingerprint density at radius 3 is 2.55 bits per heavy atom. The third-order valence-electron chi connectivity index (χ3n) is 5.10. The van der Waals surface area contributed by atoms with Gasteiger partial charge in [-0.05, 0) is 50.6 Å². The molecule has 3 heterocycles. The lowest BCUT2D eigenvalue weighted by molar-refractivity contribution is 0.360. The minimum atomic E-state index is -1.47. The molecule has 0 fully saturated rings. The minimum Gasteiger partial charge on any atom is -0.416 e. The Balaban J connectivity index is 1.63. The topological polar surface area (TPSA) is 85.8 Å². The van der Waals surface area contributed by atoms with Gasteiger partial charge in [-0.25, -0.2) is 27.5 Å². The molecule has 0 bridgehead atoms. The van der Waals surface area contributed by atoms with Crippen molar-refractivity contribution in [3.8, 4) is 16.9 Å². The van der Waals surface area contributed by atoms with Crippen molar-refractivity contribution in [2.45, 2.75) is 33.0 Å². The Morgan fingerprint density at radius 2 is 1.82 bits per heavy atom. The summed E-state index contributed by atoms with van der Waals surface area (Å²) in [7, 11) is 0. The van der Waals surface area contributed by atoms with Gasteiger partial charge in [0.25, 0.3) is 0 Å². The third-order valence-corrected chi connectivity index (χ3v) is 5.10. The SMILES string of the molecule is Cc1cc(-c2cc(F)c([C@H](C)Nc3nccc(-n4c([C@H](C)F)coc4=O)n3)cc2F)ccn1. The van der Waals surface area contributed by atoms with Crippen LogP contribution in [0.2, 0.25) is 0 Å². The Hall–Kier alpha value is -3.95. The molecule has 33 heavy (non-hydrogen) atoms. The van der Waals surface area contributed by atoms with Crippen molar-refractivity contribution < 1.29 is 17.6 Å². The smallest absolute Gasteiger partial charge is 0.416 e. The Labute approximate surface area is 187 Å². The molecular formula is C23H20F3N5O2. The predicted octanol–water partition coefficient (Wildman–Crippen LogP) is 5.07. The van der Waals surface area contributed by atoms with Crippen LogP contribution in [0.4, 0.5) is 19.1 Å². The average Bonchev–Trinajstić information content (AvgIpc) is 3.17. The molecule has 0 aliphatic carbocycles. The van der Waals surface area contributed by atoms with Crippen LogP contribution in [0.25, 0.3) is 16.9 Å². The Kier molecular flexibility index (Phi) is 5.99. The van der Waals surface area contributed by atoms with E-state index in [1.54, 1.807) is 26.0 Å². The van der Waals surface area contributed by atoms with Gasteiger partial charge < -0.3 is 9.73 Å². The van der Waals surface area contributed by atoms with E-state index < -0.39 is 29.6 Å². The standard InChI is InChI=1S/C23H20F3N5O2/c1-12-8-15(4-6-27-12)17-10-18(25)16(9-19(17)26)14(3)29-22-28-7-5-21(30-22)31-20(13(2)24)11-33-23(31)32/h4-11,13-14H,1-3H3,(H,28,29,30)/t13-,14-/m0/s1. The molecule has 0 aliphatic heterocycles. The van der Waals surface area contributed by atoms with Crippen LogP contribution in [0.15, 0.2) is 58.2 Å². The number of aryl methyl sites for hydroxylation is 1. The average molecular weight is 455 g/mol. The van der Waals surface area contributed by atoms with Crippen LogP contribution in [0.3, 0.4) is 0 Å². The monoisotopic (exact) mass is 455 g/mol. The van der Waals surface area contributed by atoms with E-state index in [4.69, 9.17) is 4.42 Å². The molecule has 3 aromatic heterocycles. The molecule has 4 aromatic rings. The van der Waals surface area contributed by atoms with Crippen LogP contribution < -0.4 is 11.1 Å². The first kappa shape index (κ1) is 22.3. The lowest BCUT2D eigenvalue weighted by Crippen LogP contribution is -2.18. The number of rotatable bonds is 6. The molecule has 0 aliphatic rings. The van der Waals surface area contributed by atoms with E-state index in [1.165, 1.54) is 25.4 Å². The van der Waals surface area contributed by atoms with Gasteiger partial charge in [-0.2, -0.15) is 4.98 Å². The summed E-state index contributed by atoms with van der Waals surface area (Å²) in [4.78, 5) is 24.3. The van der Waals surface area contributed by atoms with Gasteiger partial charge in [-0.3, -0.25) is 4.98 Å². The second kappa shape index (κ2) is 8.89. The van der Waals surface area contributed by atoms with Gasteiger partial charge in [0.2, 0.25) is 5.95 Å². The normalized spacial score (nSPS) is 13.0. The highest BCUT2D eigenvalue weighted by atomic mass is 19.1. The fourth-order valence-electron chi connectivity index (χ4n) is 3.46. The summed E-state index contributed by atoms with van der Waals surface area (Å²) in [6.07, 6.45) is 2.44. The summed E-state index contributed by atoms with van der Waals surface area (Å²) < 4.78 is 49.3. The van der Waals surface area contributed by atoms with E-state index in [1.807, 2.05) is 0 Å². The molecule has 0 spiro atoms. The molecule has 1 N–H and O–H groups in total. The molecule has 7 nitrogen and oxygen atoms in total. The molecule has 0 amide bonds. The van der Waals surface area contributed by atoms with E-state index in [0.717, 1.165) is 23.0 Å². The molecule has 0 saturated heterocycles. The molecule has 2 atom stereocenters. The lowest BCUT2D eigenvalue weighted by atomic mass is 10.00. The highest BCUT2D eigenvalue weighted by Crippen LogP contribution is 2.29. The summed E-state index contributed by atoms with van der Waals surface area (Å²) in [6.45, 7) is 4.64. The zero-order valence-electron chi connectivity index (χ0n) is 18.0. The van der Waals surface area contributed by atoms with Gasteiger partial charge in [-0.15, -0.1) is 0 Å². The predicted molar refractivity (Wildman–Crippen MR) is 116 cm³/mol. The fraction of sp³-hybridized carbons (Fsp3) is 0.217. The van der Waals surface area contributed by atoms with Gasteiger partial charge in [0.05, 0.1) is 6.04 Å². The fourth-order valence-corrected chi connectivity index (χ4v) is 3.46.